The van der Waals surface area contributed by atoms with E-state index in [1.807, 2.05) is 6.26 Å². The first-order chi connectivity index (χ1) is 13.6. The predicted octanol–water partition coefficient (Wildman–Crippen LogP) is 3.24. The Kier molecular flexibility index (Phi) is 9.57. The molecule has 1 fully saturated rings. The molecule has 29 heavy (non-hydrogen) atoms. The van der Waals surface area contributed by atoms with Crippen LogP contribution in [-0.4, -0.2) is 63.0 Å². The summed E-state index contributed by atoms with van der Waals surface area (Å²) in [5.74, 6) is 0.708. The first kappa shape index (κ1) is 24.8. The highest BCUT2D eigenvalue weighted by Gasteiger charge is 2.29. The lowest BCUT2D eigenvalue weighted by atomic mass is 10.1. The topological polar surface area (TPSA) is 78.5 Å². The normalized spacial score (nSPS) is 18.9. The Bertz CT molecular complexity index is 806. The Balaban J connectivity index is 2.04. The molecule has 1 aromatic rings. The molecule has 1 amide bonds. The summed E-state index contributed by atoms with van der Waals surface area (Å²) in [5.41, 5.74) is 0. The number of halogens is 2. The molecule has 1 aromatic carbocycles. The zero-order valence-corrected chi connectivity index (χ0v) is 20.1. The van der Waals surface area contributed by atoms with Gasteiger partial charge in [0.25, 0.3) is 0 Å². The van der Waals surface area contributed by atoms with Crippen molar-refractivity contribution in [3.05, 3.63) is 28.2 Å². The van der Waals surface area contributed by atoms with Crippen LogP contribution < -0.4 is 10.0 Å². The molecule has 0 aromatic heterocycles. The average molecular weight is 482 g/mol. The fourth-order valence-electron chi connectivity index (χ4n) is 3.28. The van der Waals surface area contributed by atoms with Crippen molar-refractivity contribution in [2.24, 2.45) is 5.92 Å². The monoisotopic (exact) mass is 481 g/mol. The minimum Gasteiger partial charge on any atom is -0.354 e. The van der Waals surface area contributed by atoms with Crippen molar-refractivity contribution in [2.75, 3.05) is 31.6 Å². The molecular formula is C19H29Cl2N3O3S2. The first-order valence-corrected chi connectivity index (χ1v) is 13.3. The zero-order chi connectivity index (χ0) is 21.6. The summed E-state index contributed by atoms with van der Waals surface area (Å²) in [7, 11) is -3.99. The smallest absolute Gasteiger partial charge is 0.242 e. The van der Waals surface area contributed by atoms with E-state index in [-0.39, 0.29) is 20.8 Å². The van der Waals surface area contributed by atoms with Crippen molar-refractivity contribution < 1.29 is 13.2 Å². The number of hydrogen-bond acceptors (Lipinski definition) is 5. The van der Waals surface area contributed by atoms with Crippen LogP contribution in [0, 0.1) is 5.92 Å². The number of likely N-dealkylation sites (tertiary alicyclic amines) is 1. The van der Waals surface area contributed by atoms with Gasteiger partial charge in [-0.3, -0.25) is 4.79 Å². The van der Waals surface area contributed by atoms with Crippen LogP contribution in [0.3, 0.4) is 0 Å². The lowest BCUT2D eigenvalue weighted by Gasteiger charge is -2.22. The standard InChI is InChI=1S/C19H29Cl2N3O3S2/c1-13(2)24-8-6-14(12-24)11-22-19(25)17(7-9-28-3)23-29(26,27)18-10-15(20)4-5-16(18)21/h4-5,10,13-14,17,23H,6-9,11-12H2,1-3H3,(H,22,25). The van der Waals surface area contributed by atoms with Gasteiger partial charge in [0.05, 0.1) is 5.02 Å². The van der Waals surface area contributed by atoms with E-state index in [9.17, 15) is 13.2 Å². The third-order valence-corrected chi connectivity index (χ3v) is 7.85. The zero-order valence-electron chi connectivity index (χ0n) is 17.0. The average Bonchev–Trinajstić information content (AvgIpc) is 3.14. The molecule has 0 saturated carbocycles. The number of carbonyl (C=O) groups excluding carboxylic acids is 1. The minimum absolute atomic E-state index is 0.0608. The van der Waals surface area contributed by atoms with Crippen LogP contribution in [0.2, 0.25) is 10.0 Å². The molecule has 0 aliphatic carbocycles. The number of carbonyl (C=O) groups is 1. The highest BCUT2D eigenvalue weighted by Crippen LogP contribution is 2.25. The number of rotatable bonds is 10. The summed E-state index contributed by atoms with van der Waals surface area (Å²) in [6, 6.07) is 3.84. The summed E-state index contributed by atoms with van der Waals surface area (Å²) in [6.07, 6.45) is 3.32. The third kappa shape index (κ3) is 7.29. The maximum Gasteiger partial charge on any atom is 0.242 e. The van der Waals surface area contributed by atoms with Gasteiger partial charge in [0, 0.05) is 24.2 Å². The molecule has 2 atom stereocenters. The van der Waals surface area contributed by atoms with Gasteiger partial charge < -0.3 is 10.2 Å². The summed E-state index contributed by atoms with van der Waals surface area (Å²) in [6.45, 7) is 6.83. The molecule has 0 radical (unpaired) electrons. The quantitative estimate of drug-likeness (QED) is 0.536. The largest absolute Gasteiger partial charge is 0.354 e. The number of sulfonamides is 1. The van der Waals surface area contributed by atoms with E-state index in [0.29, 0.717) is 30.7 Å². The van der Waals surface area contributed by atoms with Crippen LogP contribution >= 0.6 is 35.0 Å². The molecular weight excluding hydrogens is 453 g/mol. The van der Waals surface area contributed by atoms with Gasteiger partial charge in [0.15, 0.2) is 0 Å². The highest BCUT2D eigenvalue weighted by atomic mass is 35.5. The van der Waals surface area contributed by atoms with Crippen molar-refractivity contribution in [1.29, 1.82) is 0 Å². The molecule has 2 N–H and O–H groups in total. The van der Waals surface area contributed by atoms with Crippen LogP contribution in [0.5, 0.6) is 0 Å². The Morgan fingerprint density at radius 1 is 1.34 bits per heavy atom. The molecule has 6 nitrogen and oxygen atoms in total. The second kappa shape index (κ2) is 11.2. The summed E-state index contributed by atoms with van der Waals surface area (Å²) in [5, 5.41) is 3.25. The fourth-order valence-corrected chi connectivity index (χ4v) is 5.74. The molecule has 1 aliphatic rings. The van der Waals surface area contributed by atoms with Crippen LogP contribution in [0.1, 0.15) is 26.7 Å². The third-order valence-electron chi connectivity index (χ3n) is 5.02. The molecule has 1 heterocycles. The Labute approximate surface area is 188 Å². The number of hydrogen-bond donors (Lipinski definition) is 2. The van der Waals surface area contributed by atoms with Gasteiger partial charge in [0.1, 0.15) is 10.9 Å². The molecule has 0 bridgehead atoms. The number of thioether (sulfide) groups is 1. The van der Waals surface area contributed by atoms with E-state index in [1.165, 1.54) is 18.2 Å². The van der Waals surface area contributed by atoms with Gasteiger partial charge in [-0.15, -0.1) is 0 Å². The van der Waals surface area contributed by atoms with Crippen molar-refractivity contribution >= 4 is 50.9 Å². The molecule has 2 rings (SSSR count). The molecule has 1 saturated heterocycles. The fraction of sp³-hybridized carbons (Fsp3) is 0.632. The van der Waals surface area contributed by atoms with Crippen molar-refractivity contribution in [3.63, 3.8) is 0 Å². The maximum atomic E-state index is 12.8. The van der Waals surface area contributed by atoms with Crippen LogP contribution in [0.15, 0.2) is 23.1 Å². The number of nitrogens with zero attached hydrogens (tertiary/aromatic N) is 1. The van der Waals surface area contributed by atoms with Crippen LogP contribution in [0.25, 0.3) is 0 Å². The van der Waals surface area contributed by atoms with E-state index < -0.39 is 16.1 Å². The predicted molar refractivity (Wildman–Crippen MR) is 121 cm³/mol. The van der Waals surface area contributed by atoms with E-state index in [2.05, 4.69) is 28.8 Å². The van der Waals surface area contributed by atoms with Gasteiger partial charge >= 0.3 is 0 Å². The van der Waals surface area contributed by atoms with E-state index in [0.717, 1.165) is 19.5 Å². The summed E-state index contributed by atoms with van der Waals surface area (Å²) in [4.78, 5) is 15.0. The second-order valence-electron chi connectivity index (χ2n) is 7.52. The Morgan fingerprint density at radius 2 is 2.07 bits per heavy atom. The number of benzene rings is 1. The summed E-state index contributed by atoms with van der Waals surface area (Å²) < 4.78 is 28.1. The van der Waals surface area contributed by atoms with E-state index in [4.69, 9.17) is 23.2 Å². The Morgan fingerprint density at radius 3 is 2.69 bits per heavy atom. The summed E-state index contributed by atoms with van der Waals surface area (Å²) >= 11 is 13.5. The first-order valence-electron chi connectivity index (χ1n) is 9.62. The van der Waals surface area contributed by atoms with Crippen LogP contribution in [0.4, 0.5) is 0 Å². The molecule has 10 heteroatoms. The van der Waals surface area contributed by atoms with Gasteiger partial charge in [-0.1, -0.05) is 23.2 Å². The van der Waals surface area contributed by atoms with Crippen molar-refractivity contribution in [2.45, 2.75) is 43.7 Å². The minimum atomic E-state index is -3.99. The molecule has 164 valence electrons. The maximum absolute atomic E-state index is 12.8. The van der Waals surface area contributed by atoms with Gasteiger partial charge in [0.2, 0.25) is 15.9 Å². The SMILES string of the molecule is CSCCC(NS(=O)(=O)c1cc(Cl)ccc1Cl)C(=O)NCC1CCN(C(C)C)C1. The van der Waals surface area contributed by atoms with Crippen molar-refractivity contribution in [1.82, 2.24) is 14.9 Å². The molecule has 0 spiro atoms. The van der Waals surface area contributed by atoms with E-state index in [1.54, 1.807) is 11.8 Å². The molecule has 1 aliphatic heterocycles. The number of nitrogens with one attached hydrogen (secondary N) is 2. The van der Waals surface area contributed by atoms with Crippen LogP contribution in [-0.2, 0) is 14.8 Å². The highest BCUT2D eigenvalue weighted by molar-refractivity contribution is 7.98. The van der Waals surface area contributed by atoms with Gasteiger partial charge in [-0.05, 0) is 69.4 Å². The van der Waals surface area contributed by atoms with Gasteiger partial charge in [-0.2, -0.15) is 16.5 Å². The second-order valence-corrected chi connectivity index (χ2v) is 11.0. The Hall–Kier alpha value is -0.510. The van der Waals surface area contributed by atoms with E-state index >= 15 is 0 Å². The lowest BCUT2D eigenvalue weighted by Crippen LogP contribution is -2.48. The lowest BCUT2D eigenvalue weighted by molar-refractivity contribution is -0.122. The van der Waals surface area contributed by atoms with Gasteiger partial charge in [-0.25, -0.2) is 8.42 Å². The number of amides is 1. The molecule has 2 unspecified atom stereocenters. The van der Waals surface area contributed by atoms with Crippen molar-refractivity contribution in [3.8, 4) is 0 Å².